The van der Waals surface area contributed by atoms with Gasteiger partial charge in [0.1, 0.15) is 10.5 Å². The number of hydrogen-bond acceptors (Lipinski definition) is 2. The smallest absolute Gasteiger partial charge is 0.144 e. The van der Waals surface area contributed by atoms with Crippen LogP contribution >= 0.6 is 28.1 Å². The van der Waals surface area contributed by atoms with Crippen molar-refractivity contribution in [1.29, 1.82) is 0 Å². The summed E-state index contributed by atoms with van der Waals surface area (Å²) >= 11 is 8.93. The summed E-state index contributed by atoms with van der Waals surface area (Å²) in [5.41, 5.74) is 2.11. The minimum atomic E-state index is -0.209. The Kier molecular flexibility index (Phi) is 4.45. The Labute approximate surface area is 133 Å². The molecule has 2 nitrogen and oxygen atoms in total. The molecule has 0 aliphatic carbocycles. The summed E-state index contributed by atoms with van der Waals surface area (Å²) in [4.78, 5) is 8.04. The van der Waals surface area contributed by atoms with Crippen molar-refractivity contribution in [2.24, 2.45) is 0 Å². The normalized spacial score (nSPS) is 11.9. The van der Waals surface area contributed by atoms with Gasteiger partial charge < -0.3 is 4.98 Å². The summed E-state index contributed by atoms with van der Waals surface area (Å²) in [6.45, 7) is 8.61. The summed E-state index contributed by atoms with van der Waals surface area (Å²) in [5.74, 6) is 1.26. The lowest BCUT2D eigenvalue weighted by Crippen LogP contribution is -2.23. The third-order valence-electron chi connectivity index (χ3n) is 3.56. The van der Waals surface area contributed by atoms with Gasteiger partial charge in [-0.1, -0.05) is 56.4 Å². The lowest BCUT2D eigenvalue weighted by Gasteiger charge is -2.26. The molecule has 0 saturated heterocycles. The largest absolute Gasteiger partial charge is 0.345 e. The molecule has 4 heteroatoms. The first-order chi connectivity index (χ1) is 9.34. The SMILES string of the molecule is CC(C)c1[nH]c(C(C)(C)c2ccccc2)nc(=S)c1Br. The molecule has 0 atom stereocenters. The second kappa shape index (κ2) is 5.78. The molecule has 1 N–H and O–H groups in total. The van der Waals surface area contributed by atoms with Gasteiger partial charge in [0.2, 0.25) is 0 Å². The fraction of sp³-hybridized carbons (Fsp3) is 0.375. The first-order valence-electron chi connectivity index (χ1n) is 6.69. The lowest BCUT2D eigenvalue weighted by molar-refractivity contribution is 0.578. The van der Waals surface area contributed by atoms with E-state index in [2.05, 4.69) is 65.7 Å². The molecule has 106 valence electrons. The molecule has 2 aromatic rings. The van der Waals surface area contributed by atoms with Gasteiger partial charge in [0, 0.05) is 11.1 Å². The highest BCUT2D eigenvalue weighted by molar-refractivity contribution is 9.10. The maximum absolute atomic E-state index is 5.39. The van der Waals surface area contributed by atoms with E-state index in [1.165, 1.54) is 5.56 Å². The molecule has 0 saturated carbocycles. The topological polar surface area (TPSA) is 28.7 Å². The van der Waals surface area contributed by atoms with E-state index in [0.717, 1.165) is 16.0 Å². The predicted octanol–water partition coefficient (Wildman–Crippen LogP) is 5.35. The van der Waals surface area contributed by atoms with Crippen LogP contribution in [0, 0.1) is 4.64 Å². The van der Waals surface area contributed by atoms with Gasteiger partial charge in [-0.15, -0.1) is 0 Å². The van der Waals surface area contributed by atoms with Crippen molar-refractivity contribution in [3.63, 3.8) is 0 Å². The molecule has 20 heavy (non-hydrogen) atoms. The average Bonchev–Trinajstić information content (AvgIpc) is 2.42. The Bertz CT molecular complexity index is 660. The molecule has 0 bridgehead atoms. The number of aromatic amines is 1. The maximum Gasteiger partial charge on any atom is 0.144 e. The second-order valence-corrected chi connectivity index (χ2v) is 6.94. The predicted molar refractivity (Wildman–Crippen MR) is 89.8 cm³/mol. The Hall–Kier alpha value is -1.00. The molecule has 0 radical (unpaired) electrons. The highest BCUT2D eigenvalue weighted by Crippen LogP contribution is 2.31. The molecule has 0 fully saturated rings. The second-order valence-electron chi connectivity index (χ2n) is 5.76. The molecular formula is C16H19BrN2S. The van der Waals surface area contributed by atoms with Crippen LogP contribution in [0.5, 0.6) is 0 Å². The van der Waals surface area contributed by atoms with Gasteiger partial charge >= 0.3 is 0 Å². The third kappa shape index (κ3) is 2.86. The van der Waals surface area contributed by atoms with Crippen LogP contribution in [0.1, 0.15) is 50.7 Å². The monoisotopic (exact) mass is 350 g/mol. The van der Waals surface area contributed by atoms with Gasteiger partial charge in [-0.05, 0) is 41.3 Å². The van der Waals surface area contributed by atoms with Crippen molar-refractivity contribution in [3.8, 4) is 0 Å². The van der Waals surface area contributed by atoms with E-state index in [9.17, 15) is 0 Å². The van der Waals surface area contributed by atoms with Gasteiger partial charge in [0.05, 0.1) is 4.47 Å². The third-order valence-corrected chi connectivity index (χ3v) is 4.92. The summed E-state index contributed by atoms with van der Waals surface area (Å²) in [6, 6.07) is 10.4. The van der Waals surface area contributed by atoms with Gasteiger partial charge in [0.15, 0.2) is 0 Å². The highest BCUT2D eigenvalue weighted by atomic mass is 79.9. The highest BCUT2D eigenvalue weighted by Gasteiger charge is 2.26. The molecule has 0 spiro atoms. The van der Waals surface area contributed by atoms with Gasteiger partial charge in [-0.3, -0.25) is 0 Å². The van der Waals surface area contributed by atoms with E-state index >= 15 is 0 Å². The van der Waals surface area contributed by atoms with Crippen molar-refractivity contribution < 1.29 is 0 Å². The zero-order valence-electron chi connectivity index (χ0n) is 12.2. The standard InChI is InChI=1S/C16H19BrN2S/c1-10(2)13-12(17)14(20)19-15(18-13)16(3,4)11-8-6-5-7-9-11/h5-10H,1-4H3,(H,18,19,20). The first-order valence-corrected chi connectivity index (χ1v) is 7.90. The van der Waals surface area contributed by atoms with E-state index in [1.54, 1.807) is 0 Å². The number of nitrogens with zero attached hydrogens (tertiary/aromatic N) is 1. The number of aromatic nitrogens is 2. The average molecular weight is 351 g/mol. The minimum Gasteiger partial charge on any atom is -0.345 e. The van der Waals surface area contributed by atoms with E-state index in [1.807, 2.05) is 18.2 Å². The summed E-state index contributed by atoms with van der Waals surface area (Å²) in [7, 11) is 0. The Morgan fingerprint density at radius 3 is 2.35 bits per heavy atom. The number of halogens is 1. The van der Waals surface area contributed by atoms with E-state index < -0.39 is 0 Å². The van der Waals surface area contributed by atoms with Crippen LogP contribution < -0.4 is 0 Å². The fourth-order valence-corrected chi connectivity index (χ4v) is 3.01. The Morgan fingerprint density at radius 2 is 1.80 bits per heavy atom. The van der Waals surface area contributed by atoms with Gasteiger partial charge in [0.25, 0.3) is 0 Å². The molecule has 0 aliphatic heterocycles. The van der Waals surface area contributed by atoms with E-state index in [0.29, 0.717) is 10.6 Å². The molecular weight excluding hydrogens is 332 g/mol. The quantitative estimate of drug-likeness (QED) is 0.755. The summed E-state index contributed by atoms with van der Waals surface area (Å²) in [5, 5.41) is 0. The fourth-order valence-electron chi connectivity index (χ4n) is 2.16. The summed E-state index contributed by atoms with van der Waals surface area (Å²) < 4.78 is 1.52. The number of benzene rings is 1. The molecule has 0 aliphatic rings. The first kappa shape index (κ1) is 15.4. The molecule has 2 rings (SSSR count). The molecule has 1 heterocycles. The Morgan fingerprint density at radius 1 is 1.20 bits per heavy atom. The molecule has 1 aromatic heterocycles. The summed E-state index contributed by atoms with van der Waals surface area (Å²) in [6.07, 6.45) is 0. The van der Waals surface area contributed by atoms with Crippen molar-refractivity contribution in [1.82, 2.24) is 9.97 Å². The van der Waals surface area contributed by atoms with Crippen LogP contribution in [0.4, 0.5) is 0 Å². The zero-order chi connectivity index (χ0) is 14.9. The van der Waals surface area contributed by atoms with Crippen LogP contribution in [0.3, 0.4) is 0 Å². The van der Waals surface area contributed by atoms with Crippen molar-refractivity contribution in [2.45, 2.75) is 39.0 Å². The van der Waals surface area contributed by atoms with Gasteiger partial charge in [-0.2, -0.15) is 0 Å². The van der Waals surface area contributed by atoms with E-state index in [4.69, 9.17) is 12.2 Å². The van der Waals surface area contributed by atoms with Crippen molar-refractivity contribution in [2.75, 3.05) is 0 Å². The van der Waals surface area contributed by atoms with Crippen LogP contribution in [0.25, 0.3) is 0 Å². The van der Waals surface area contributed by atoms with Crippen LogP contribution in [-0.4, -0.2) is 9.97 Å². The number of rotatable bonds is 3. The van der Waals surface area contributed by atoms with E-state index in [-0.39, 0.29) is 5.41 Å². The van der Waals surface area contributed by atoms with Crippen LogP contribution in [0.15, 0.2) is 34.8 Å². The lowest BCUT2D eigenvalue weighted by atomic mass is 9.83. The zero-order valence-corrected chi connectivity index (χ0v) is 14.6. The molecule has 1 aromatic carbocycles. The van der Waals surface area contributed by atoms with Gasteiger partial charge in [-0.25, -0.2) is 4.98 Å². The Balaban J connectivity index is 2.61. The number of H-pyrrole nitrogens is 1. The maximum atomic E-state index is 5.39. The van der Waals surface area contributed by atoms with Crippen LogP contribution in [-0.2, 0) is 5.41 Å². The van der Waals surface area contributed by atoms with Crippen molar-refractivity contribution in [3.05, 3.63) is 56.5 Å². The number of hydrogen-bond donors (Lipinski definition) is 1. The molecule has 0 amide bonds. The molecule has 0 unspecified atom stereocenters. The van der Waals surface area contributed by atoms with Crippen LogP contribution in [0.2, 0.25) is 0 Å². The minimum absolute atomic E-state index is 0.209. The number of nitrogens with one attached hydrogen (secondary N) is 1. The van der Waals surface area contributed by atoms with Crippen molar-refractivity contribution >= 4 is 28.1 Å².